The Morgan fingerprint density at radius 3 is 2.13 bits per heavy atom. The maximum Gasteiger partial charge on any atom is 0.222 e. The van der Waals surface area contributed by atoms with Crippen LogP contribution in [-0.4, -0.2) is 11.7 Å². The van der Waals surface area contributed by atoms with Crippen molar-refractivity contribution in [2.45, 2.75) is 25.6 Å². The van der Waals surface area contributed by atoms with Crippen molar-refractivity contribution >= 4 is 0 Å². The van der Waals surface area contributed by atoms with E-state index in [4.69, 9.17) is 26.3 Å². The van der Waals surface area contributed by atoms with E-state index in [9.17, 15) is 0 Å². The lowest BCUT2D eigenvalue weighted by atomic mass is 9.93. The number of hydrogen-bond donors (Lipinski definition) is 1. The lowest BCUT2D eigenvalue weighted by Gasteiger charge is -2.05. The van der Waals surface area contributed by atoms with Gasteiger partial charge in [0.2, 0.25) is 5.60 Å². The molecule has 1 fully saturated rings. The van der Waals surface area contributed by atoms with Crippen LogP contribution in [-0.2, 0) is 4.74 Å². The fraction of sp³-hybridized carbons (Fsp3) is 0.500. The molecule has 2 N–H and O–H groups in total. The third-order valence-corrected chi connectivity index (χ3v) is 2.32. The van der Waals surface area contributed by atoms with Gasteiger partial charge < -0.3 is 10.5 Å². The van der Waals surface area contributed by atoms with Gasteiger partial charge in [-0.25, -0.2) is 0 Å². The number of allylic oxidation sites excluding steroid dienone is 1. The Hall–Kier alpha value is -2.03. The molecule has 1 aliphatic rings. The van der Waals surface area contributed by atoms with Gasteiger partial charge in [-0.15, -0.1) is 0 Å². The molecule has 1 saturated heterocycles. The quantitative estimate of drug-likeness (QED) is 0.519. The second-order valence-electron chi connectivity index (χ2n) is 3.64. The average Bonchev–Trinajstić information content (AvgIpc) is 2.95. The van der Waals surface area contributed by atoms with Crippen LogP contribution in [0, 0.1) is 39.9 Å². The van der Waals surface area contributed by atoms with Crippen LogP contribution in [0.5, 0.6) is 0 Å². The molecule has 1 rings (SSSR count). The number of ether oxygens (including phenoxy) is 1. The smallest absolute Gasteiger partial charge is 0.222 e. The molecule has 0 aliphatic carbocycles. The van der Waals surface area contributed by atoms with E-state index in [0.29, 0.717) is 0 Å². The number of nitriles is 3. The third kappa shape index (κ3) is 1.52. The summed E-state index contributed by atoms with van der Waals surface area (Å²) < 4.78 is 5.22. The summed E-state index contributed by atoms with van der Waals surface area (Å²) in [4.78, 5) is 0. The van der Waals surface area contributed by atoms with Crippen molar-refractivity contribution in [2.75, 3.05) is 0 Å². The van der Waals surface area contributed by atoms with Crippen LogP contribution in [0.3, 0.4) is 0 Å². The molecule has 2 unspecified atom stereocenters. The van der Waals surface area contributed by atoms with E-state index in [-0.39, 0.29) is 23.3 Å². The normalized spacial score (nSPS) is 27.3. The number of nitrogens with zero attached hydrogens (tertiary/aromatic N) is 3. The zero-order chi connectivity index (χ0) is 11.6. The van der Waals surface area contributed by atoms with Crippen LogP contribution in [0.2, 0.25) is 0 Å². The molecular weight excluding hydrogens is 192 g/mol. The Morgan fingerprint density at radius 1 is 1.33 bits per heavy atom. The fourth-order valence-corrected chi connectivity index (χ4v) is 1.47. The number of hydrogen-bond acceptors (Lipinski definition) is 5. The zero-order valence-electron chi connectivity index (χ0n) is 8.48. The van der Waals surface area contributed by atoms with Gasteiger partial charge in [0.1, 0.15) is 24.3 Å². The van der Waals surface area contributed by atoms with Gasteiger partial charge in [0, 0.05) is 0 Å². The van der Waals surface area contributed by atoms with Crippen LogP contribution in [0.15, 0.2) is 11.3 Å². The minimum atomic E-state index is -1.27. The third-order valence-electron chi connectivity index (χ3n) is 2.32. The molecule has 0 aromatic heterocycles. The molecule has 0 radical (unpaired) electrons. The van der Waals surface area contributed by atoms with Gasteiger partial charge in [0.05, 0.1) is 5.70 Å². The fourth-order valence-electron chi connectivity index (χ4n) is 1.47. The van der Waals surface area contributed by atoms with Crippen molar-refractivity contribution in [1.29, 1.82) is 15.8 Å². The molecule has 1 heterocycles. The molecule has 5 nitrogen and oxygen atoms in total. The Labute approximate surface area is 88.0 Å². The molecule has 0 bridgehead atoms. The van der Waals surface area contributed by atoms with Gasteiger partial charge in [-0.05, 0) is 5.92 Å². The topological polar surface area (TPSA) is 110 Å². The summed E-state index contributed by atoms with van der Waals surface area (Å²) in [6.45, 7) is 3.77. The molecule has 0 amide bonds. The van der Waals surface area contributed by atoms with Gasteiger partial charge in [-0.3, -0.25) is 0 Å². The van der Waals surface area contributed by atoms with Crippen LogP contribution in [0.4, 0.5) is 0 Å². The van der Waals surface area contributed by atoms with Gasteiger partial charge >= 0.3 is 0 Å². The van der Waals surface area contributed by atoms with Gasteiger partial charge in [-0.1, -0.05) is 13.8 Å². The predicted octanol–water partition coefficient (Wildman–Crippen LogP) is 0.564. The second kappa shape index (κ2) is 3.61. The minimum Gasteiger partial charge on any atom is -0.397 e. The first-order valence-electron chi connectivity index (χ1n) is 4.43. The molecule has 0 aromatic rings. The number of nitrogens with two attached hydrogens (primary N) is 1. The van der Waals surface area contributed by atoms with E-state index in [2.05, 4.69) is 0 Å². The summed E-state index contributed by atoms with van der Waals surface area (Å²) in [5.74, 6) is 0.113. The van der Waals surface area contributed by atoms with E-state index in [1.165, 1.54) is 0 Å². The summed E-state index contributed by atoms with van der Waals surface area (Å²) in [7, 11) is 0. The van der Waals surface area contributed by atoms with Gasteiger partial charge in [0.15, 0.2) is 5.57 Å². The lowest BCUT2D eigenvalue weighted by molar-refractivity contribution is 0.324. The monoisotopic (exact) mass is 202 g/mol. The summed E-state index contributed by atoms with van der Waals surface area (Å²) in [6, 6.07) is 5.23. The van der Waals surface area contributed by atoms with Crippen LogP contribution >= 0.6 is 0 Å². The van der Waals surface area contributed by atoms with E-state index >= 15 is 0 Å². The Morgan fingerprint density at radius 2 is 1.87 bits per heavy atom. The van der Waals surface area contributed by atoms with E-state index in [1.54, 1.807) is 12.1 Å². The van der Waals surface area contributed by atoms with Gasteiger partial charge in [0.25, 0.3) is 0 Å². The molecule has 1 aliphatic heterocycles. The molecule has 76 valence electrons. The molecule has 15 heavy (non-hydrogen) atoms. The van der Waals surface area contributed by atoms with Crippen molar-refractivity contribution in [2.24, 2.45) is 11.7 Å². The standard InChI is InChI=1S/C10H10N4O/c1-6(2)9-10(5-13,15-9)8(14)7(3-11)4-12/h6,9H,14H2,1-2H3. The maximum atomic E-state index is 8.98. The van der Waals surface area contributed by atoms with E-state index in [1.807, 2.05) is 19.9 Å². The lowest BCUT2D eigenvalue weighted by Crippen LogP contribution is -2.26. The highest BCUT2D eigenvalue weighted by molar-refractivity contribution is 5.49. The largest absolute Gasteiger partial charge is 0.397 e. The number of rotatable bonds is 2. The molecule has 0 spiro atoms. The first-order valence-corrected chi connectivity index (χ1v) is 4.43. The van der Waals surface area contributed by atoms with Crippen molar-refractivity contribution in [3.05, 3.63) is 11.3 Å². The van der Waals surface area contributed by atoms with Crippen molar-refractivity contribution in [1.82, 2.24) is 0 Å². The summed E-state index contributed by atoms with van der Waals surface area (Å²) in [6.07, 6.45) is -0.334. The Bertz CT molecular complexity index is 416. The molecule has 5 heteroatoms. The van der Waals surface area contributed by atoms with Crippen molar-refractivity contribution in [3.63, 3.8) is 0 Å². The highest BCUT2D eigenvalue weighted by Gasteiger charge is 2.62. The van der Waals surface area contributed by atoms with Crippen molar-refractivity contribution < 1.29 is 4.74 Å². The summed E-state index contributed by atoms with van der Waals surface area (Å²) in [5.41, 5.74) is 4.01. The highest BCUT2D eigenvalue weighted by atomic mass is 16.6. The molecule has 2 atom stereocenters. The summed E-state index contributed by atoms with van der Waals surface area (Å²) >= 11 is 0. The maximum absolute atomic E-state index is 8.98. The van der Waals surface area contributed by atoms with Crippen molar-refractivity contribution in [3.8, 4) is 18.2 Å². The first-order chi connectivity index (χ1) is 7.03. The number of epoxide rings is 1. The SMILES string of the molecule is CC(C)C1OC1(C#N)C(N)=C(C#N)C#N. The Kier molecular flexibility index (Phi) is 2.66. The average molecular weight is 202 g/mol. The van der Waals surface area contributed by atoms with Gasteiger partial charge in [-0.2, -0.15) is 15.8 Å². The van der Waals surface area contributed by atoms with Crippen LogP contribution < -0.4 is 5.73 Å². The minimum absolute atomic E-state index is 0.0753. The molecule has 0 saturated carbocycles. The highest BCUT2D eigenvalue weighted by Crippen LogP contribution is 2.45. The summed E-state index contributed by atoms with van der Waals surface area (Å²) in [5, 5.41) is 26.2. The van der Waals surface area contributed by atoms with Crippen LogP contribution in [0.1, 0.15) is 13.8 Å². The predicted molar refractivity (Wildman–Crippen MR) is 50.5 cm³/mol. The first kappa shape index (κ1) is 11.0. The Balaban J connectivity index is 3.12. The zero-order valence-corrected chi connectivity index (χ0v) is 8.48. The molecule has 0 aromatic carbocycles. The molecular formula is C10H10N4O. The second-order valence-corrected chi connectivity index (χ2v) is 3.64. The van der Waals surface area contributed by atoms with E-state index < -0.39 is 5.60 Å². The van der Waals surface area contributed by atoms with E-state index in [0.717, 1.165) is 0 Å². The van der Waals surface area contributed by atoms with Crippen LogP contribution in [0.25, 0.3) is 0 Å².